The molecule has 0 N–H and O–H groups in total. The summed E-state index contributed by atoms with van der Waals surface area (Å²) in [5.74, 6) is 0. The molecule has 0 radical (unpaired) electrons. The zero-order valence-corrected chi connectivity index (χ0v) is 11.2. The molecule has 3 rings (SSSR count). The third-order valence-corrected chi connectivity index (χ3v) is 4.11. The molecule has 0 aromatic carbocycles. The van der Waals surface area contributed by atoms with Gasteiger partial charge in [-0.25, -0.2) is 0 Å². The van der Waals surface area contributed by atoms with Crippen LogP contribution < -0.4 is 0 Å². The van der Waals surface area contributed by atoms with Crippen molar-refractivity contribution in [3.8, 4) is 0 Å². The fraction of sp³-hybridized carbons (Fsp3) is 0.417. The fourth-order valence-electron chi connectivity index (χ4n) is 2.17. The molecule has 0 bridgehead atoms. The number of hydrogen-bond donors (Lipinski definition) is 0. The summed E-state index contributed by atoms with van der Waals surface area (Å²) in [5.41, 5.74) is 1.52. The lowest BCUT2D eigenvalue weighted by molar-refractivity contribution is 0.242. The molecule has 1 aliphatic heterocycles. The van der Waals surface area contributed by atoms with Gasteiger partial charge in [0.05, 0.1) is 6.54 Å². The SMILES string of the molecule is Cl.c1cnn(CCN2CCc3sccc3C2)c1. The third kappa shape index (κ3) is 2.89. The van der Waals surface area contributed by atoms with E-state index < -0.39 is 0 Å². The number of thiophene rings is 1. The van der Waals surface area contributed by atoms with Crippen molar-refractivity contribution in [3.63, 3.8) is 0 Å². The Labute approximate surface area is 111 Å². The summed E-state index contributed by atoms with van der Waals surface area (Å²) in [6, 6.07) is 4.24. The van der Waals surface area contributed by atoms with E-state index >= 15 is 0 Å². The predicted octanol–water partition coefficient (Wildman–Crippen LogP) is 2.42. The average molecular weight is 270 g/mol. The van der Waals surface area contributed by atoms with Gasteiger partial charge in [-0.15, -0.1) is 23.7 Å². The first-order valence-electron chi connectivity index (χ1n) is 5.67. The van der Waals surface area contributed by atoms with E-state index in [1.54, 1.807) is 4.88 Å². The Kier molecular flexibility index (Phi) is 4.20. The normalized spacial score (nSPS) is 15.3. The molecule has 0 amide bonds. The summed E-state index contributed by atoms with van der Waals surface area (Å²) >= 11 is 1.90. The highest BCUT2D eigenvalue weighted by molar-refractivity contribution is 7.10. The quantitative estimate of drug-likeness (QED) is 0.853. The molecule has 3 heterocycles. The van der Waals surface area contributed by atoms with Crippen LogP contribution in [0.3, 0.4) is 0 Å². The minimum atomic E-state index is 0. The Balaban J connectivity index is 0.00000108. The molecule has 3 nitrogen and oxygen atoms in total. The van der Waals surface area contributed by atoms with Crippen molar-refractivity contribution < 1.29 is 0 Å². The number of hydrogen-bond acceptors (Lipinski definition) is 3. The van der Waals surface area contributed by atoms with Crippen LogP contribution in [0.2, 0.25) is 0 Å². The molecule has 2 aromatic heterocycles. The highest BCUT2D eigenvalue weighted by Crippen LogP contribution is 2.23. The van der Waals surface area contributed by atoms with Gasteiger partial charge in [0, 0.05) is 36.9 Å². The van der Waals surface area contributed by atoms with Gasteiger partial charge < -0.3 is 0 Å². The van der Waals surface area contributed by atoms with Crippen molar-refractivity contribution >= 4 is 23.7 Å². The smallest absolute Gasteiger partial charge is 0.0536 e. The van der Waals surface area contributed by atoms with Gasteiger partial charge in [-0.1, -0.05) is 0 Å². The molecule has 92 valence electrons. The fourth-order valence-corrected chi connectivity index (χ4v) is 3.06. The van der Waals surface area contributed by atoms with Crippen LogP contribution in [0.25, 0.3) is 0 Å². The van der Waals surface area contributed by atoms with Crippen LogP contribution in [0.15, 0.2) is 29.9 Å². The van der Waals surface area contributed by atoms with Crippen molar-refractivity contribution in [1.82, 2.24) is 14.7 Å². The number of halogens is 1. The second kappa shape index (κ2) is 5.67. The van der Waals surface area contributed by atoms with Crippen LogP contribution >= 0.6 is 23.7 Å². The molecule has 1 aliphatic rings. The number of aromatic nitrogens is 2. The van der Waals surface area contributed by atoms with Gasteiger partial charge in [-0.05, 0) is 29.5 Å². The summed E-state index contributed by atoms with van der Waals surface area (Å²) in [5, 5.41) is 6.44. The molecule has 0 saturated heterocycles. The van der Waals surface area contributed by atoms with Gasteiger partial charge in [-0.2, -0.15) is 5.10 Å². The third-order valence-electron chi connectivity index (χ3n) is 3.09. The molecule has 0 aliphatic carbocycles. The number of nitrogens with zero attached hydrogens (tertiary/aromatic N) is 3. The van der Waals surface area contributed by atoms with Crippen LogP contribution in [0, 0.1) is 0 Å². The Morgan fingerprint density at radius 3 is 3.12 bits per heavy atom. The van der Waals surface area contributed by atoms with Crippen molar-refractivity contribution in [2.24, 2.45) is 0 Å². The summed E-state index contributed by atoms with van der Waals surface area (Å²) in [6.07, 6.45) is 5.08. The van der Waals surface area contributed by atoms with E-state index in [2.05, 4.69) is 21.4 Å². The van der Waals surface area contributed by atoms with Crippen molar-refractivity contribution in [2.45, 2.75) is 19.5 Å². The molecule has 0 atom stereocenters. The second-order valence-corrected chi connectivity index (χ2v) is 5.16. The largest absolute Gasteiger partial charge is 0.297 e. The Morgan fingerprint density at radius 1 is 1.35 bits per heavy atom. The molecule has 2 aromatic rings. The highest BCUT2D eigenvalue weighted by Gasteiger charge is 2.16. The van der Waals surface area contributed by atoms with Crippen LogP contribution in [0.1, 0.15) is 10.4 Å². The van der Waals surface area contributed by atoms with Gasteiger partial charge in [0.25, 0.3) is 0 Å². The maximum Gasteiger partial charge on any atom is 0.0536 e. The minimum Gasteiger partial charge on any atom is -0.297 e. The second-order valence-electron chi connectivity index (χ2n) is 4.16. The lowest BCUT2D eigenvalue weighted by atomic mass is 10.1. The molecule has 0 fully saturated rings. The Hall–Kier alpha value is -0.840. The highest BCUT2D eigenvalue weighted by atomic mass is 35.5. The van der Waals surface area contributed by atoms with E-state index in [4.69, 9.17) is 0 Å². The van der Waals surface area contributed by atoms with Crippen LogP contribution in [0.4, 0.5) is 0 Å². The van der Waals surface area contributed by atoms with E-state index in [0.29, 0.717) is 0 Å². The van der Waals surface area contributed by atoms with E-state index in [0.717, 1.165) is 19.6 Å². The maximum absolute atomic E-state index is 4.23. The van der Waals surface area contributed by atoms with Gasteiger partial charge in [0.15, 0.2) is 0 Å². The predicted molar refractivity (Wildman–Crippen MR) is 72.8 cm³/mol. The van der Waals surface area contributed by atoms with Crippen LogP contribution in [-0.2, 0) is 19.5 Å². The monoisotopic (exact) mass is 269 g/mol. The van der Waals surface area contributed by atoms with Crippen LogP contribution in [-0.4, -0.2) is 27.8 Å². The summed E-state index contributed by atoms with van der Waals surface area (Å²) in [4.78, 5) is 4.09. The first-order valence-corrected chi connectivity index (χ1v) is 6.55. The lowest BCUT2D eigenvalue weighted by Gasteiger charge is -2.26. The number of rotatable bonds is 3. The standard InChI is InChI=1S/C12H15N3S.ClH/c1-4-13-15(5-1)8-7-14-6-2-12-11(10-14)3-9-16-12;/h1,3-5,9H,2,6-8,10H2;1H. The minimum absolute atomic E-state index is 0. The molecule has 0 saturated carbocycles. The Morgan fingerprint density at radius 2 is 2.29 bits per heavy atom. The van der Waals surface area contributed by atoms with Crippen molar-refractivity contribution in [3.05, 3.63) is 40.3 Å². The van der Waals surface area contributed by atoms with Crippen LogP contribution in [0.5, 0.6) is 0 Å². The van der Waals surface area contributed by atoms with Crippen molar-refractivity contribution in [2.75, 3.05) is 13.1 Å². The van der Waals surface area contributed by atoms with E-state index in [1.807, 2.05) is 34.5 Å². The van der Waals surface area contributed by atoms with Gasteiger partial charge >= 0.3 is 0 Å². The zero-order valence-electron chi connectivity index (χ0n) is 9.58. The van der Waals surface area contributed by atoms with E-state index in [-0.39, 0.29) is 12.4 Å². The molecule has 17 heavy (non-hydrogen) atoms. The average Bonchev–Trinajstić information content (AvgIpc) is 2.97. The van der Waals surface area contributed by atoms with Gasteiger partial charge in [-0.3, -0.25) is 9.58 Å². The molecule has 0 spiro atoms. The van der Waals surface area contributed by atoms with E-state index in [1.165, 1.54) is 18.5 Å². The van der Waals surface area contributed by atoms with Gasteiger partial charge in [0.2, 0.25) is 0 Å². The Bertz CT molecular complexity index is 452. The summed E-state index contributed by atoms with van der Waals surface area (Å²) in [6.45, 7) is 4.39. The summed E-state index contributed by atoms with van der Waals surface area (Å²) < 4.78 is 2.00. The first kappa shape index (κ1) is 12.6. The van der Waals surface area contributed by atoms with Crippen molar-refractivity contribution in [1.29, 1.82) is 0 Å². The topological polar surface area (TPSA) is 21.1 Å². The zero-order chi connectivity index (χ0) is 10.8. The first-order chi connectivity index (χ1) is 7.92. The van der Waals surface area contributed by atoms with Gasteiger partial charge in [0.1, 0.15) is 0 Å². The lowest BCUT2D eigenvalue weighted by Crippen LogP contribution is -2.32. The molecular formula is C12H16ClN3S. The molecule has 0 unspecified atom stereocenters. The molecular weight excluding hydrogens is 254 g/mol. The number of fused-ring (bicyclic) bond motifs is 1. The van der Waals surface area contributed by atoms with E-state index in [9.17, 15) is 0 Å². The molecule has 5 heteroatoms. The summed E-state index contributed by atoms with van der Waals surface area (Å²) in [7, 11) is 0. The maximum atomic E-state index is 4.23.